The number of halogens is 1. The number of rotatable bonds is 5. The zero-order valence-electron chi connectivity index (χ0n) is 14.1. The lowest BCUT2D eigenvalue weighted by Gasteiger charge is -2.33. The lowest BCUT2D eigenvalue weighted by Crippen LogP contribution is -2.41. The second-order valence-corrected chi connectivity index (χ2v) is 7.09. The van der Waals surface area contributed by atoms with E-state index < -0.39 is 0 Å². The van der Waals surface area contributed by atoms with Crippen LogP contribution < -0.4 is 10.1 Å². The van der Waals surface area contributed by atoms with Crippen molar-refractivity contribution >= 4 is 21.7 Å². The van der Waals surface area contributed by atoms with Gasteiger partial charge in [-0.2, -0.15) is 0 Å². The maximum absolute atomic E-state index is 5.30. The van der Waals surface area contributed by atoms with Crippen molar-refractivity contribution in [3.8, 4) is 5.75 Å². The molecule has 1 aliphatic rings. The number of anilines is 1. The van der Waals surface area contributed by atoms with E-state index in [4.69, 9.17) is 4.74 Å². The summed E-state index contributed by atoms with van der Waals surface area (Å²) in [4.78, 5) is 11.0. The van der Waals surface area contributed by atoms with E-state index >= 15 is 0 Å². The van der Waals surface area contributed by atoms with Gasteiger partial charge in [0.05, 0.1) is 11.6 Å². The molecule has 1 N–H and O–H groups in total. The number of benzene rings is 1. The third-order valence-electron chi connectivity index (χ3n) is 4.28. The van der Waals surface area contributed by atoms with Gasteiger partial charge in [0.25, 0.3) is 0 Å². The molecule has 128 valence electrons. The van der Waals surface area contributed by atoms with Gasteiger partial charge in [0.15, 0.2) is 0 Å². The third-order valence-corrected chi connectivity index (χ3v) is 4.90. The van der Waals surface area contributed by atoms with Crippen LogP contribution in [0.5, 0.6) is 5.75 Å². The number of ether oxygens (including phenoxy) is 1. The first kappa shape index (κ1) is 17.2. The summed E-state index contributed by atoms with van der Waals surface area (Å²) in [5, 5.41) is 3.55. The number of aryl methyl sites for hydroxylation is 1. The molecule has 1 unspecified atom stereocenters. The number of nitrogens with one attached hydrogen (secondary N) is 1. The topological polar surface area (TPSA) is 50.3 Å². The summed E-state index contributed by atoms with van der Waals surface area (Å²) < 4.78 is 6.31. The van der Waals surface area contributed by atoms with Crippen molar-refractivity contribution in [2.24, 2.45) is 0 Å². The molecule has 0 spiro atoms. The molecule has 0 amide bonds. The van der Waals surface area contributed by atoms with E-state index in [0.717, 1.165) is 41.4 Å². The molecule has 5 nitrogen and oxygen atoms in total. The molecule has 0 radical (unpaired) electrons. The summed E-state index contributed by atoms with van der Waals surface area (Å²) in [7, 11) is 1.69. The van der Waals surface area contributed by atoms with Gasteiger partial charge in [0.1, 0.15) is 17.9 Å². The Morgan fingerprint density at radius 2 is 2.21 bits per heavy atom. The fraction of sp³-hybridized carbons (Fsp3) is 0.444. The van der Waals surface area contributed by atoms with Crippen molar-refractivity contribution < 1.29 is 4.74 Å². The molecular formula is C18H23BrN4O. The molecule has 24 heavy (non-hydrogen) atoms. The first-order valence-electron chi connectivity index (χ1n) is 8.24. The Kier molecular flexibility index (Phi) is 5.68. The van der Waals surface area contributed by atoms with Crippen LogP contribution in [-0.4, -0.2) is 41.1 Å². The Morgan fingerprint density at radius 3 is 2.96 bits per heavy atom. The van der Waals surface area contributed by atoms with Gasteiger partial charge in [-0.1, -0.05) is 6.07 Å². The van der Waals surface area contributed by atoms with Crippen LogP contribution in [0.1, 0.15) is 24.1 Å². The highest BCUT2D eigenvalue weighted by molar-refractivity contribution is 9.10. The lowest BCUT2D eigenvalue weighted by atomic mass is 10.0. The maximum Gasteiger partial charge on any atom is 0.133 e. The van der Waals surface area contributed by atoms with Gasteiger partial charge in [-0.15, -0.1) is 0 Å². The molecule has 1 saturated heterocycles. The van der Waals surface area contributed by atoms with E-state index in [-0.39, 0.29) is 0 Å². The van der Waals surface area contributed by atoms with Crippen LogP contribution in [-0.2, 0) is 6.54 Å². The van der Waals surface area contributed by atoms with Crippen LogP contribution in [0, 0.1) is 6.92 Å². The number of hydrogen-bond acceptors (Lipinski definition) is 5. The molecule has 3 rings (SSSR count). The quantitative estimate of drug-likeness (QED) is 0.844. The number of methoxy groups -OCH3 is 1. The summed E-state index contributed by atoms with van der Waals surface area (Å²) in [6.45, 7) is 5.09. The number of aromatic nitrogens is 2. The van der Waals surface area contributed by atoms with E-state index in [1.54, 1.807) is 13.4 Å². The SMILES string of the molecule is COc1ccc(CN2CCCC(Nc3cc(C)ncn3)C2)cc1Br. The van der Waals surface area contributed by atoms with Gasteiger partial charge < -0.3 is 10.1 Å². The second kappa shape index (κ2) is 7.94. The predicted octanol–water partition coefficient (Wildman–Crippen LogP) is 3.63. The summed E-state index contributed by atoms with van der Waals surface area (Å²) in [5.74, 6) is 1.79. The van der Waals surface area contributed by atoms with Gasteiger partial charge >= 0.3 is 0 Å². The first-order valence-corrected chi connectivity index (χ1v) is 9.03. The highest BCUT2D eigenvalue weighted by Crippen LogP contribution is 2.26. The Morgan fingerprint density at radius 1 is 1.33 bits per heavy atom. The first-order chi connectivity index (χ1) is 11.6. The van der Waals surface area contributed by atoms with Crippen LogP contribution in [0.15, 0.2) is 35.1 Å². The summed E-state index contributed by atoms with van der Waals surface area (Å²) >= 11 is 3.56. The molecule has 6 heteroatoms. The molecule has 2 heterocycles. The fourth-order valence-corrected chi connectivity index (χ4v) is 3.71. The fourth-order valence-electron chi connectivity index (χ4n) is 3.13. The molecule has 1 aromatic carbocycles. The summed E-state index contributed by atoms with van der Waals surface area (Å²) in [6.07, 6.45) is 3.98. The van der Waals surface area contributed by atoms with Crippen molar-refractivity contribution in [1.29, 1.82) is 0 Å². The number of hydrogen-bond donors (Lipinski definition) is 1. The van der Waals surface area contributed by atoms with Gasteiger partial charge in [0, 0.05) is 30.9 Å². The van der Waals surface area contributed by atoms with E-state index in [1.807, 2.05) is 19.1 Å². The van der Waals surface area contributed by atoms with Crippen molar-refractivity contribution in [3.05, 3.63) is 46.3 Å². The van der Waals surface area contributed by atoms with Crippen LogP contribution >= 0.6 is 15.9 Å². The highest BCUT2D eigenvalue weighted by Gasteiger charge is 2.20. The van der Waals surface area contributed by atoms with Crippen LogP contribution in [0.3, 0.4) is 0 Å². The van der Waals surface area contributed by atoms with Gasteiger partial charge in [-0.25, -0.2) is 9.97 Å². The molecule has 0 saturated carbocycles. The van der Waals surface area contributed by atoms with E-state index in [2.05, 4.69) is 48.2 Å². The molecule has 1 aliphatic heterocycles. The molecule has 1 atom stereocenters. The molecule has 0 bridgehead atoms. The van der Waals surface area contributed by atoms with Crippen LogP contribution in [0.2, 0.25) is 0 Å². The summed E-state index contributed by atoms with van der Waals surface area (Å²) in [6, 6.07) is 8.72. The highest BCUT2D eigenvalue weighted by atomic mass is 79.9. The third kappa shape index (κ3) is 4.45. The number of nitrogens with zero attached hydrogens (tertiary/aromatic N) is 3. The standard InChI is InChI=1S/C18H23BrN4O/c1-13-8-18(21-12-20-13)22-15-4-3-7-23(11-15)10-14-5-6-17(24-2)16(19)9-14/h5-6,8-9,12,15H,3-4,7,10-11H2,1-2H3,(H,20,21,22). The van der Waals surface area contributed by atoms with Crippen LogP contribution in [0.25, 0.3) is 0 Å². The van der Waals surface area contributed by atoms with Gasteiger partial charge in [-0.05, 0) is 59.9 Å². The average molecular weight is 391 g/mol. The van der Waals surface area contributed by atoms with E-state index in [1.165, 1.54) is 18.4 Å². The van der Waals surface area contributed by atoms with Gasteiger partial charge in [0.2, 0.25) is 0 Å². The minimum atomic E-state index is 0.426. The Balaban J connectivity index is 1.60. The molecule has 0 aliphatic carbocycles. The maximum atomic E-state index is 5.30. The zero-order valence-corrected chi connectivity index (χ0v) is 15.7. The smallest absolute Gasteiger partial charge is 0.133 e. The molecular weight excluding hydrogens is 368 g/mol. The average Bonchev–Trinajstić information content (AvgIpc) is 2.55. The Bertz CT molecular complexity index is 694. The number of piperidine rings is 1. The Hall–Kier alpha value is -1.66. The minimum Gasteiger partial charge on any atom is -0.496 e. The van der Waals surface area contributed by atoms with Crippen molar-refractivity contribution in [1.82, 2.24) is 14.9 Å². The van der Waals surface area contributed by atoms with Crippen molar-refractivity contribution in [2.45, 2.75) is 32.4 Å². The molecule has 2 aromatic rings. The normalized spacial score (nSPS) is 18.4. The second-order valence-electron chi connectivity index (χ2n) is 6.23. The molecule has 1 aromatic heterocycles. The Labute approximate surface area is 151 Å². The van der Waals surface area contributed by atoms with Gasteiger partial charge in [-0.3, -0.25) is 4.90 Å². The van der Waals surface area contributed by atoms with E-state index in [0.29, 0.717) is 6.04 Å². The van der Waals surface area contributed by atoms with E-state index in [9.17, 15) is 0 Å². The van der Waals surface area contributed by atoms with Crippen molar-refractivity contribution in [3.63, 3.8) is 0 Å². The van der Waals surface area contributed by atoms with Crippen molar-refractivity contribution in [2.75, 3.05) is 25.5 Å². The number of likely N-dealkylation sites (tertiary alicyclic amines) is 1. The zero-order chi connectivity index (χ0) is 16.9. The predicted molar refractivity (Wildman–Crippen MR) is 99.4 cm³/mol. The minimum absolute atomic E-state index is 0.426. The summed E-state index contributed by atoms with van der Waals surface area (Å²) in [5.41, 5.74) is 2.28. The lowest BCUT2D eigenvalue weighted by molar-refractivity contribution is 0.208. The monoisotopic (exact) mass is 390 g/mol. The van der Waals surface area contributed by atoms with Crippen LogP contribution in [0.4, 0.5) is 5.82 Å². The molecule has 1 fully saturated rings. The largest absolute Gasteiger partial charge is 0.496 e.